The number of aromatic nitrogens is 1. The summed E-state index contributed by atoms with van der Waals surface area (Å²) >= 11 is 0. The normalized spacial score (nSPS) is 10.4. The van der Waals surface area contributed by atoms with Gasteiger partial charge in [-0.05, 0) is 37.1 Å². The number of nitrogen functional groups attached to an aromatic ring is 1. The number of ether oxygens (including phenoxy) is 1. The van der Waals surface area contributed by atoms with Crippen molar-refractivity contribution in [1.82, 2.24) is 4.98 Å². The summed E-state index contributed by atoms with van der Waals surface area (Å²) in [5.74, 6) is 0.830. The third kappa shape index (κ3) is 3.02. The zero-order chi connectivity index (χ0) is 14.7. The van der Waals surface area contributed by atoms with Crippen molar-refractivity contribution in [1.29, 1.82) is 0 Å². The van der Waals surface area contributed by atoms with E-state index in [4.69, 9.17) is 10.5 Å². The van der Waals surface area contributed by atoms with Gasteiger partial charge in [0.15, 0.2) is 0 Å². The SMILES string of the molecule is Cc1cnc(COc2cccc(N(C)C)c2)c(C)c1N. The molecule has 0 aliphatic heterocycles. The van der Waals surface area contributed by atoms with E-state index in [0.717, 1.165) is 33.9 Å². The van der Waals surface area contributed by atoms with Crippen LogP contribution in [0.15, 0.2) is 30.5 Å². The van der Waals surface area contributed by atoms with Gasteiger partial charge >= 0.3 is 0 Å². The van der Waals surface area contributed by atoms with E-state index in [1.165, 1.54) is 0 Å². The maximum Gasteiger partial charge on any atom is 0.131 e. The highest BCUT2D eigenvalue weighted by Crippen LogP contribution is 2.22. The molecule has 2 N–H and O–H groups in total. The summed E-state index contributed by atoms with van der Waals surface area (Å²) in [5.41, 5.74) is 10.8. The van der Waals surface area contributed by atoms with E-state index in [2.05, 4.69) is 4.98 Å². The van der Waals surface area contributed by atoms with Gasteiger partial charge in [-0.1, -0.05) is 6.07 Å². The Balaban J connectivity index is 2.13. The topological polar surface area (TPSA) is 51.4 Å². The Kier molecular flexibility index (Phi) is 4.13. The van der Waals surface area contributed by atoms with Gasteiger partial charge in [0, 0.05) is 37.7 Å². The van der Waals surface area contributed by atoms with E-state index in [9.17, 15) is 0 Å². The number of hydrogen-bond donors (Lipinski definition) is 1. The summed E-state index contributed by atoms with van der Waals surface area (Å²) in [6, 6.07) is 7.97. The summed E-state index contributed by atoms with van der Waals surface area (Å²) in [6.45, 7) is 4.36. The van der Waals surface area contributed by atoms with Crippen LogP contribution in [0.5, 0.6) is 5.75 Å². The third-order valence-corrected chi connectivity index (χ3v) is 3.39. The average Bonchev–Trinajstić information content (AvgIpc) is 2.44. The molecule has 106 valence electrons. The lowest BCUT2D eigenvalue weighted by Crippen LogP contribution is -2.09. The van der Waals surface area contributed by atoms with Crippen LogP contribution in [-0.4, -0.2) is 19.1 Å². The van der Waals surface area contributed by atoms with E-state index < -0.39 is 0 Å². The van der Waals surface area contributed by atoms with Crippen LogP contribution < -0.4 is 15.4 Å². The molecule has 4 heteroatoms. The van der Waals surface area contributed by atoms with E-state index in [1.54, 1.807) is 6.20 Å². The molecule has 2 aromatic rings. The first-order valence-corrected chi connectivity index (χ1v) is 6.59. The Hall–Kier alpha value is -2.23. The second-order valence-electron chi connectivity index (χ2n) is 5.11. The molecule has 1 heterocycles. The van der Waals surface area contributed by atoms with Gasteiger partial charge in [0.05, 0.1) is 5.69 Å². The Morgan fingerprint density at radius 3 is 2.70 bits per heavy atom. The Labute approximate surface area is 120 Å². The number of aryl methyl sites for hydroxylation is 1. The molecule has 0 spiro atoms. The van der Waals surface area contributed by atoms with Gasteiger partial charge in [-0.3, -0.25) is 4.98 Å². The largest absolute Gasteiger partial charge is 0.487 e. The molecule has 0 bridgehead atoms. The number of rotatable bonds is 4. The third-order valence-electron chi connectivity index (χ3n) is 3.39. The van der Waals surface area contributed by atoms with Crippen molar-refractivity contribution < 1.29 is 4.74 Å². The molecule has 4 nitrogen and oxygen atoms in total. The first-order chi connectivity index (χ1) is 9.49. The summed E-state index contributed by atoms with van der Waals surface area (Å²) in [5, 5.41) is 0. The zero-order valence-corrected chi connectivity index (χ0v) is 12.5. The Bertz CT molecular complexity index is 609. The van der Waals surface area contributed by atoms with Crippen molar-refractivity contribution >= 4 is 11.4 Å². The minimum absolute atomic E-state index is 0.424. The predicted octanol–water partition coefficient (Wildman–Crippen LogP) is 2.93. The van der Waals surface area contributed by atoms with Crippen LogP contribution in [0.3, 0.4) is 0 Å². The summed E-state index contributed by atoms with van der Waals surface area (Å²) < 4.78 is 5.81. The molecule has 0 unspecified atom stereocenters. The van der Waals surface area contributed by atoms with Gasteiger partial charge < -0.3 is 15.4 Å². The molecule has 1 aromatic heterocycles. The predicted molar refractivity (Wildman–Crippen MR) is 83.2 cm³/mol. The zero-order valence-electron chi connectivity index (χ0n) is 12.5. The van der Waals surface area contributed by atoms with Crippen LogP contribution in [0.4, 0.5) is 11.4 Å². The molecule has 0 aliphatic rings. The standard InChI is InChI=1S/C16H21N3O/c1-11-9-18-15(12(2)16(11)17)10-20-14-7-5-6-13(8-14)19(3)4/h5-9H,10H2,1-4H3,(H2,17,18). The highest BCUT2D eigenvalue weighted by atomic mass is 16.5. The number of anilines is 2. The quantitative estimate of drug-likeness (QED) is 0.929. The molecule has 0 atom stereocenters. The maximum absolute atomic E-state index is 6.01. The van der Waals surface area contributed by atoms with Crippen LogP contribution >= 0.6 is 0 Å². The number of nitrogens with zero attached hydrogens (tertiary/aromatic N) is 2. The van der Waals surface area contributed by atoms with Crippen LogP contribution in [0.2, 0.25) is 0 Å². The fourth-order valence-electron chi connectivity index (χ4n) is 1.94. The average molecular weight is 271 g/mol. The number of nitrogens with two attached hydrogens (primary N) is 1. The lowest BCUT2D eigenvalue weighted by molar-refractivity contribution is 0.300. The molecular formula is C16H21N3O. The number of benzene rings is 1. The first-order valence-electron chi connectivity index (χ1n) is 6.59. The van der Waals surface area contributed by atoms with Crippen molar-refractivity contribution in [3.63, 3.8) is 0 Å². The maximum atomic E-state index is 6.01. The van der Waals surface area contributed by atoms with E-state index in [-0.39, 0.29) is 0 Å². The molecule has 0 aliphatic carbocycles. The van der Waals surface area contributed by atoms with Crippen LogP contribution in [0.1, 0.15) is 16.8 Å². The molecule has 20 heavy (non-hydrogen) atoms. The summed E-state index contributed by atoms with van der Waals surface area (Å²) in [7, 11) is 4.01. The molecule has 0 saturated heterocycles. The van der Waals surface area contributed by atoms with Crippen molar-refractivity contribution in [2.24, 2.45) is 0 Å². The van der Waals surface area contributed by atoms with Crippen LogP contribution in [-0.2, 0) is 6.61 Å². The fraction of sp³-hybridized carbons (Fsp3) is 0.312. The summed E-state index contributed by atoms with van der Waals surface area (Å²) in [4.78, 5) is 6.44. The second kappa shape index (κ2) is 5.82. The van der Waals surface area contributed by atoms with E-state index in [0.29, 0.717) is 6.61 Å². The van der Waals surface area contributed by atoms with E-state index >= 15 is 0 Å². The lowest BCUT2D eigenvalue weighted by atomic mass is 10.1. The smallest absolute Gasteiger partial charge is 0.131 e. The summed E-state index contributed by atoms with van der Waals surface area (Å²) in [6.07, 6.45) is 1.79. The van der Waals surface area contributed by atoms with Crippen LogP contribution in [0, 0.1) is 13.8 Å². The van der Waals surface area contributed by atoms with Crippen molar-refractivity contribution in [3.8, 4) is 5.75 Å². The minimum atomic E-state index is 0.424. The van der Waals surface area contributed by atoms with Crippen molar-refractivity contribution in [3.05, 3.63) is 47.3 Å². The molecule has 0 fully saturated rings. The van der Waals surface area contributed by atoms with Gasteiger partial charge in [-0.15, -0.1) is 0 Å². The van der Waals surface area contributed by atoms with Crippen LogP contribution in [0.25, 0.3) is 0 Å². The lowest BCUT2D eigenvalue weighted by Gasteiger charge is -2.15. The van der Waals surface area contributed by atoms with Gasteiger partial charge in [-0.2, -0.15) is 0 Å². The molecule has 0 amide bonds. The first kappa shape index (κ1) is 14.2. The molecule has 0 saturated carbocycles. The minimum Gasteiger partial charge on any atom is -0.487 e. The van der Waals surface area contributed by atoms with Gasteiger partial charge in [0.2, 0.25) is 0 Å². The van der Waals surface area contributed by atoms with E-state index in [1.807, 2.05) is 57.1 Å². The highest BCUT2D eigenvalue weighted by Gasteiger charge is 2.07. The second-order valence-corrected chi connectivity index (χ2v) is 5.11. The molecular weight excluding hydrogens is 250 g/mol. The number of hydrogen-bond acceptors (Lipinski definition) is 4. The van der Waals surface area contributed by atoms with Gasteiger partial charge in [0.25, 0.3) is 0 Å². The van der Waals surface area contributed by atoms with Crippen molar-refractivity contribution in [2.45, 2.75) is 20.5 Å². The fourth-order valence-corrected chi connectivity index (χ4v) is 1.94. The Morgan fingerprint density at radius 2 is 2.00 bits per heavy atom. The monoisotopic (exact) mass is 271 g/mol. The highest BCUT2D eigenvalue weighted by molar-refractivity contribution is 5.53. The van der Waals surface area contributed by atoms with Crippen molar-refractivity contribution in [2.75, 3.05) is 24.7 Å². The van der Waals surface area contributed by atoms with Gasteiger partial charge in [0.1, 0.15) is 12.4 Å². The van der Waals surface area contributed by atoms with Gasteiger partial charge in [-0.25, -0.2) is 0 Å². The number of pyridine rings is 1. The molecule has 0 radical (unpaired) electrons. The molecule has 2 rings (SSSR count). The Morgan fingerprint density at radius 1 is 1.25 bits per heavy atom. The molecule has 1 aromatic carbocycles.